The van der Waals surface area contributed by atoms with Gasteiger partial charge >= 0.3 is 0 Å². The lowest BCUT2D eigenvalue weighted by molar-refractivity contribution is -0.144. The van der Waals surface area contributed by atoms with E-state index in [0.717, 1.165) is 25.8 Å². The van der Waals surface area contributed by atoms with E-state index in [-0.39, 0.29) is 18.1 Å². The maximum absolute atomic E-state index is 12.2. The zero-order valence-corrected chi connectivity index (χ0v) is 12.5. The van der Waals surface area contributed by atoms with Crippen LogP contribution in [0.2, 0.25) is 0 Å². The molecule has 1 fully saturated rings. The van der Waals surface area contributed by atoms with Gasteiger partial charge in [0.2, 0.25) is 5.91 Å². The zero-order valence-electron chi connectivity index (χ0n) is 12.5. The second-order valence-corrected chi connectivity index (χ2v) is 5.64. The van der Waals surface area contributed by atoms with Crippen molar-refractivity contribution >= 4 is 5.91 Å². The van der Waals surface area contributed by atoms with Crippen LogP contribution in [0.25, 0.3) is 0 Å². The minimum absolute atomic E-state index is 0.124. The van der Waals surface area contributed by atoms with Gasteiger partial charge in [-0.3, -0.25) is 4.79 Å². The van der Waals surface area contributed by atoms with E-state index >= 15 is 0 Å². The summed E-state index contributed by atoms with van der Waals surface area (Å²) in [6, 6.07) is 10.5. The SMILES string of the molecule is CCCCC(=O)N1CC(Cc2ccccc2)OCC1C. The van der Waals surface area contributed by atoms with Crippen molar-refractivity contribution in [3.8, 4) is 0 Å². The molecule has 0 bridgehead atoms. The van der Waals surface area contributed by atoms with E-state index in [1.807, 2.05) is 23.1 Å². The maximum atomic E-state index is 12.2. The normalized spacial score (nSPS) is 22.8. The molecule has 0 aromatic heterocycles. The Hall–Kier alpha value is -1.35. The maximum Gasteiger partial charge on any atom is 0.222 e. The van der Waals surface area contributed by atoms with Crippen LogP contribution in [-0.2, 0) is 16.0 Å². The summed E-state index contributed by atoms with van der Waals surface area (Å²) in [5.41, 5.74) is 1.27. The number of rotatable bonds is 5. The molecule has 1 heterocycles. The van der Waals surface area contributed by atoms with Crippen molar-refractivity contribution in [3.05, 3.63) is 35.9 Å². The minimum atomic E-state index is 0.124. The highest BCUT2D eigenvalue weighted by Crippen LogP contribution is 2.17. The standard InChI is InChI=1S/C17H25NO2/c1-3-4-10-17(19)18-12-16(20-13-14(18)2)11-15-8-6-5-7-9-15/h5-9,14,16H,3-4,10-13H2,1-2H3. The molecule has 1 aromatic carbocycles. The Morgan fingerprint density at radius 1 is 1.35 bits per heavy atom. The summed E-state index contributed by atoms with van der Waals surface area (Å²) >= 11 is 0. The third-order valence-corrected chi connectivity index (χ3v) is 3.88. The number of amides is 1. The van der Waals surface area contributed by atoms with Crippen LogP contribution in [0.1, 0.15) is 38.7 Å². The van der Waals surface area contributed by atoms with E-state index in [4.69, 9.17) is 4.74 Å². The molecule has 2 unspecified atom stereocenters. The lowest BCUT2D eigenvalue weighted by Gasteiger charge is -2.38. The zero-order chi connectivity index (χ0) is 14.4. The molecule has 110 valence electrons. The molecule has 1 aliphatic heterocycles. The quantitative estimate of drug-likeness (QED) is 0.826. The lowest BCUT2D eigenvalue weighted by Crippen LogP contribution is -2.51. The third kappa shape index (κ3) is 4.07. The second-order valence-electron chi connectivity index (χ2n) is 5.64. The Morgan fingerprint density at radius 2 is 2.10 bits per heavy atom. The number of nitrogens with zero attached hydrogens (tertiary/aromatic N) is 1. The monoisotopic (exact) mass is 275 g/mol. The summed E-state index contributed by atoms with van der Waals surface area (Å²) in [7, 11) is 0. The predicted octanol–water partition coefficient (Wildman–Crippen LogP) is 3.04. The highest BCUT2D eigenvalue weighted by atomic mass is 16.5. The van der Waals surface area contributed by atoms with Crippen molar-refractivity contribution in [3.63, 3.8) is 0 Å². The Labute approximate surface area is 121 Å². The second kappa shape index (κ2) is 7.44. The molecular weight excluding hydrogens is 250 g/mol. The van der Waals surface area contributed by atoms with Crippen molar-refractivity contribution in [1.82, 2.24) is 4.90 Å². The summed E-state index contributed by atoms with van der Waals surface area (Å²) in [5.74, 6) is 0.278. The van der Waals surface area contributed by atoms with Crippen LogP contribution in [-0.4, -0.2) is 36.1 Å². The number of morpholine rings is 1. The van der Waals surface area contributed by atoms with E-state index in [1.54, 1.807) is 0 Å². The van der Waals surface area contributed by atoms with Crippen LogP contribution in [0.15, 0.2) is 30.3 Å². The predicted molar refractivity (Wildman–Crippen MR) is 80.6 cm³/mol. The Balaban J connectivity index is 1.92. The summed E-state index contributed by atoms with van der Waals surface area (Å²) < 4.78 is 5.89. The van der Waals surface area contributed by atoms with Crippen LogP contribution in [0, 0.1) is 0 Å². The molecule has 3 heteroatoms. The first-order valence-electron chi connectivity index (χ1n) is 7.65. The summed E-state index contributed by atoms with van der Waals surface area (Å²) in [6.07, 6.45) is 3.72. The first-order valence-corrected chi connectivity index (χ1v) is 7.65. The third-order valence-electron chi connectivity index (χ3n) is 3.88. The molecule has 0 aliphatic carbocycles. The first kappa shape index (κ1) is 15.0. The smallest absolute Gasteiger partial charge is 0.222 e. The van der Waals surface area contributed by atoms with Crippen molar-refractivity contribution in [1.29, 1.82) is 0 Å². The fourth-order valence-corrected chi connectivity index (χ4v) is 2.64. The molecule has 2 atom stereocenters. The largest absolute Gasteiger partial charge is 0.374 e. The van der Waals surface area contributed by atoms with Gasteiger partial charge in [0.05, 0.1) is 18.8 Å². The van der Waals surface area contributed by atoms with Crippen LogP contribution in [0.4, 0.5) is 0 Å². The Bertz CT molecular complexity index is 418. The van der Waals surface area contributed by atoms with Crippen LogP contribution >= 0.6 is 0 Å². The van der Waals surface area contributed by atoms with E-state index in [2.05, 4.69) is 26.0 Å². The highest BCUT2D eigenvalue weighted by Gasteiger charge is 2.29. The van der Waals surface area contributed by atoms with Gasteiger partial charge in [-0.15, -0.1) is 0 Å². The topological polar surface area (TPSA) is 29.5 Å². The summed E-state index contributed by atoms with van der Waals surface area (Å²) in [6.45, 7) is 5.56. The molecule has 2 rings (SSSR count). The van der Waals surface area contributed by atoms with E-state index in [9.17, 15) is 4.79 Å². The molecule has 1 aromatic rings. The molecule has 0 spiro atoms. The number of hydrogen-bond donors (Lipinski definition) is 0. The number of ether oxygens (including phenoxy) is 1. The highest BCUT2D eigenvalue weighted by molar-refractivity contribution is 5.76. The molecule has 3 nitrogen and oxygen atoms in total. The van der Waals surface area contributed by atoms with E-state index in [0.29, 0.717) is 13.0 Å². The van der Waals surface area contributed by atoms with Crippen molar-refractivity contribution < 1.29 is 9.53 Å². The van der Waals surface area contributed by atoms with Crippen LogP contribution in [0.3, 0.4) is 0 Å². The molecule has 0 radical (unpaired) electrons. The molecule has 1 saturated heterocycles. The van der Waals surface area contributed by atoms with Gasteiger partial charge in [-0.05, 0) is 18.9 Å². The summed E-state index contributed by atoms with van der Waals surface area (Å²) in [5, 5.41) is 0. The number of carbonyl (C=O) groups excluding carboxylic acids is 1. The number of hydrogen-bond acceptors (Lipinski definition) is 2. The fourth-order valence-electron chi connectivity index (χ4n) is 2.64. The van der Waals surface area contributed by atoms with Gasteiger partial charge in [0, 0.05) is 19.4 Å². The van der Waals surface area contributed by atoms with Crippen molar-refractivity contribution in [2.45, 2.75) is 51.7 Å². The van der Waals surface area contributed by atoms with Crippen molar-refractivity contribution in [2.24, 2.45) is 0 Å². The van der Waals surface area contributed by atoms with E-state index in [1.165, 1.54) is 5.56 Å². The fraction of sp³-hybridized carbons (Fsp3) is 0.588. The minimum Gasteiger partial charge on any atom is -0.374 e. The van der Waals surface area contributed by atoms with Crippen LogP contribution in [0.5, 0.6) is 0 Å². The van der Waals surface area contributed by atoms with Gasteiger partial charge in [0.1, 0.15) is 0 Å². The average Bonchev–Trinajstić information content (AvgIpc) is 2.48. The van der Waals surface area contributed by atoms with Gasteiger partial charge in [-0.2, -0.15) is 0 Å². The van der Waals surface area contributed by atoms with Gasteiger partial charge in [0.15, 0.2) is 0 Å². The number of carbonyl (C=O) groups is 1. The summed E-state index contributed by atoms with van der Waals surface area (Å²) in [4.78, 5) is 14.2. The molecule has 20 heavy (non-hydrogen) atoms. The lowest BCUT2D eigenvalue weighted by atomic mass is 10.0. The first-order chi connectivity index (χ1) is 9.70. The van der Waals surface area contributed by atoms with Gasteiger partial charge < -0.3 is 9.64 Å². The molecule has 0 saturated carbocycles. The number of unbranched alkanes of at least 4 members (excludes halogenated alkanes) is 1. The Morgan fingerprint density at radius 3 is 2.80 bits per heavy atom. The van der Waals surface area contributed by atoms with Crippen LogP contribution < -0.4 is 0 Å². The van der Waals surface area contributed by atoms with E-state index < -0.39 is 0 Å². The average molecular weight is 275 g/mol. The molecule has 0 N–H and O–H groups in total. The molecule has 1 amide bonds. The van der Waals surface area contributed by atoms with Crippen molar-refractivity contribution in [2.75, 3.05) is 13.2 Å². The Kier molecular flexibility index (Phi) is 5.60. The molecule has 1 aliphatic rings. The van der Waals surface area contributed by atoms with Gasteiger partial charge in [-0.25, -0.2) is 0 Å². The van der Waals surface area contributed by atoms with Gasteiger partial charge in [0.25, 0.3) is 0 Å². The number of benzene rings is 1. The molecular formula is C17H25NO2. The van der Waals surface area contributed by atoms with Gasteiger partial charge in [-0.1, -0.05) is 43.7 Å².